The zero-order valence-electron chi connectivity index (χ0n) is 23.8. The number of alkyl halides is 3. The smallest absolute Gasteiger partial charge is 0.416 e. The third-order valence-corrected chi connectivity index (χ3v) is 7.22. The SMILES string of the molecule is Cc1cc(COC(=O)N2CCC(=O)N3[C@@H]2CN(Cc2ccccc2)C(=O)[C@@H]3CC(=O)NCC(C)C)cc(C(F)(F)F)c1. The van der Waals surface area contributed by atoms with Crippen LogP contribution in [0.25, 0.3) is 0 Å². The topological polar surface area (TPSA) is 99.3 Å². The predicted octanol–water partition coefficient (Wildman–Crippen LogP) is 4.08. The molecule has 0 aliphatic carbocycles. The molecule has 0 radical (unpaired) electrons. The maximum Gasteiger partial charge on any atom is 0.416 e. The van der Waals surface area contributed by atoms with E-state index in [1.807, 2.05) is 44.2 Å². The van der Waals surface area contributed by atoms with Gasteiger partial charge < -0.3 is 19.9 Å². The van der Waals surface area contributed by atoms with Crippen molar-refractivity contribution in [2.75, 3.05) is 19.6 Å². The van der Waals surface area contributed by atoms with Crippen molar-refractivity contribution in [3.05, 3.63) is 70.8 Å². The molecular formula is C30H35F3N4O5. The number of hydrogen-bond acceptors (Lipinski definition) is 5. The molecule has 2 atom stereocenters. The Kier molecular flexibility index (Phi) is 9.43. The third kappa shape index (κ3) is 7.40. The van der Waals surface area contributed by atoms with E-state index in [0.29, 0.717) is 12.1 Å². The van der Waals surface area contributed by atoms with Gasteiger partial charge in [0.15, 0.2) is 0 Å². The molecule has 0 bridgehead atoms. The summed E-state index contributed by atoms with van der Waals surface area (Å²) in [6, 6.07) is 11.5. The number of benzene rings is 2. The first-order valence-electron chi connectivity index (χ1n) is 13.8. The van der Waals surface area contributed by atoms with Crippen LogP contribution in [0.5, 0.6) is 0 Å². The Bertz CT molecular complexity index is 1320. The Balaban J connectivity index is 1.57. The second-order valence-electron chi connectivity index (χ2n) is 11.1. The fourth-order valence-corrected chi connectivity index (χ4v) is 5.24. The second kappa shape index (κ2) is 12.8. The van der Waals surface area contributed by atoms with Crippen LogP contribution in [0.15, 0.2) is 48.5 Å². The van der Waals surface area contributed by atoms with E-state index in [2.05, 4.69) is 5.32 Å². The summed E-state index contributed by atoms with van der Waals surface area (Å²) in [6.07, 6.45) is -6.65. The van der Waals surface area contributed by atoms with E-state index in [0.717, 1.165) is 17.7 Å². The summed E-state index contributed by atoms with van der Waals surface area (Å²) >= 11 is 0. The molecule has 0 saturated carbocycles. The van der Waals surface area contributed by atoms with Crippen molar-refractivity contribution in [3.8, 4) is 0 Å². The number of nitrogens with one attached hydrogen (secondary N) is 1. The highest BCUT2D eigenvalue weighted by Crippen LogP contribution is 2.32. The first-order valence-corrected chi connectivity index (χ1v) is 13.8. The van der Waals surface area contributed by atoms with E-state index in [4.69, 9.17) is 4.74 Å². The van der Waals surface area contributed by atoms with Crippen LogP contribution >= 0.6 is 0 Å². The van der Waals surface area contributed by atoms with E-state index in [1.54, 1.807) is 0 Å². The minimum Gasteiger partial charge on any atom is -0.444 e. The lowest BCUT2D eigenvalue weighted by molar-refractivity contribution is -0.169. The van der Waals surface area contributed by atoms with Gasteiger partial charge in [-0.05, 0) is 36.1 Å². The Hall–Kier alpha value is -4.09. The van der Waals surface area contributed by atoms with Gasteiger partial charge in [-0.1, -0.05) is 55.8 Å². The van der Waals surface area contributed by atoms with E-state index in [-0.39, 0.29) is 49.9 Å². The number of piperazine rings is 1. The zero-order valence-corrected chi connectivity index (χ0v) is 23.8. The number of halogens is 3. The van der Waals surface area contributed by atoms with Crippen LogP contribution in [0.2, 0.25) is 0 Å². The van der Waals surface area contributed by atoms with Crippen molar-refractivity contribution in [3.63, 3.8) is 0 Å². The Morgan fingerprint density at radius 1 is 1.07 bits per heavy atom. The quantitative estimate of drug-likeness (QED) is 0.501. The summed E-state index contributed by atoms with van der Waals surface area (Å²) in [6.45, 7) is 5.57. The van der Waals surface area contributed by atoms with Gasteiger partial charge in [-0.25, -0.2) is 4.79 Å². The number of rotatable bonds is 8. The van der Waals surface area contributed by atoms with Gasteiger partial charge in [-0.3, -0.25) is 19.3 Å². The van der Waals surface area contributed by atoms with Gasteiger partial charge in [0.25, 0.3) is 0 Å². The van der Waals surface area contributed by atoms with E-state index in [9.17, 15) is 32.3 Å². The summed E-state index contributed by atoms with van der Waals surface area (Å²) in [5.41, 5.74) is 0.527. The molecule has 4 amide bonds. The minimum absolute atomic E-state index is 0.0000845. The molecule has 42 heavy (non-hydrogen) atoms. The normalized spacial score (nSPS) is 19.2. The lowest BCUT2D eigenvalue weighted by Gasteiger charge is -2.51. The van der Waals surface area contributed by atoms with Gasteiger partial charge in [-0.15, -0.1) is 0 Å². The highest BCUT2D eigenvalue weighted by Gasteiger charge is 2.49. The molecule has 2 saturated heterocycles. The van der Waals surface area contributed by atoms with Crippen molar-refractivity contribution < 1.29 is 37.1 Å². The number of nitrogens with zero attached hydrogens (tertiary/aromatic N) is 3. The lowest BCUT2D eigenvalue weighted by Crippen LogP contribution is -2.71. The van der Waals surface area contributed by atoms with Crippen LogP contribution in [0, 0.1) is 12.8 Å². The van der Waals surface area contributed by atoms with Crippen LogP contribution in [0.3, 0.4) is 0 Å². The summed E-state index contributed by atoms with van der Waals surface area (Å²) in [5, 5.41) is 2.78. The van der Waals surface area contributed by atoms with Crippen LogP contribution < -0.4 is 5.32 Å². The van der Waals surface area contributed by atoms with Gasteiger partial charge in [0.2, 0.25) is 17.7 Å². The highest BCUT2D eigenvalue weighted by molar-refractivity contribution is 5.94. The number of ether oxygens (including phenoxy) is 1. The third-order valence-electron chi connectivity index (χ3n) is 7.22. The lowest BCUT2D eigenvalue weighted by atomic mass is 10.00. The molecule has 226 valence electrons. The number of hydrogen-bond donors (Lipinski definition) is 1. The summed E-state index contributed by atoms with van der Waals surface area (Å²) in [5.74, 6) is -0.986. The molecule has 2 aromatic rings. The van der Waals surface area contributed by atoms with Crippen molar-refractivity contribution in [1.29, 1.82) is 0 Å². The monoisotopic (exact) mass is 588 g/mol. The maximum atomic E-state index is 13.7. The molecule has 4 rings (SSSR count). The van der Waals surface area contributed by atoms with Crippen LogP contribution in [0.1, 0.15) is 48.9 Å². The number of aryl methyl sites for hydroxylation is 1. The summed E-state index contributed by atoms with van der Waals surface area (Å²) in [4.78, 5) is 57.0. The predicted molar refractivity (Wildman–Crippen MR) is 146 cm³/mol. The van der Waals surface area contributed by atoms with Crippen LogP contribution in [0.4, 0.5) is 18.0 Å². The van der Waals surface area contributed by atoms with Gasteiger partial charge in [-0.2, -0.15) is 13.2 Å². The first-order chi connectivity index (χ1) is 19.8. The molecule has 2 aliphatic heterocycles. The van der Waals surface area contributed by atoms with Crippen LogP contribution in [-0.4, -0.2) is 70.4 Å². The van der Waals surface area contributed by atoms with Gasteiger partial charge >= 0.3 is 12.3 Å². The fourth-order valence-electron chi connectivity index (χ4n) is 5.24. The molecular weight excluding hydrogens is 553 g/mol. The number of amides is 4. The van der Waals surface area contributed by atoms with Gasteiger partial charge in [0, 0.05) is 26.1 Å². The molecule has 2 fully saturated rings. The van der Waals surface area contributed by atoms with Crippen LogP contribution in [-0.2, 0) is 38.4 Å². The molecule has 0 aromatic heterocycles. The number of carbonyl (C=O) groups is 4. The molecule has 0 unspecified atom stereocenters. The Morgan fingerprint density at radius 3 is 2.45 bits per heavy atom. The van der Waals surface area contributed by atoms with Crippen molar-refractivity contribution in [2.24, 2.45) is 5.92 Å². The summed E-state index contributed by atoms with van der Waals surface area (Å²) < 4.78 is 45.3. The molecule has 0 spiro atoms. The Labute approximate surface area is 242 Å². The molecule has 2 aliphatic rings. The van der Waals surface area contributed by atoms with E-state index >= 15 is 0 Å². The van der Waals surface area contributed by atoms with E-state index < -0.39 is 48.5 Å². The van der Waals surface area contributed by atoms with Crippen molar-refractivity contribution in [1.82, 2.24) is 20.0 Å². The molecule has 2 aromatic carbocycles. The largest absolute Gasteiger partial charge is 0.444 e. The van der Waals surface area contributed by atoms with Crippen molar-refractivity contribution in [2.45, 2.75) is 65.1 Å². The van der Waals surface area contributed by atoms with Crippen molar-refractivity contribution >= 4 is 23.8 Å². The standard InChI is InChI=1S/C30H35F3N4O5/c1-19(2)15-34-25(38)14-24-28(40)35(16-21-7-5-4-6-8-21)17-26-36(10-9-27(39)37(24)26)29(41)42-18-22-11-20(3)12-23(13-22)30(31,32)33/h4-8,11-13,19,24,26H,9-10,14-18H2,1-3H3,(H,34,38)/t24-,26+/m0/s1. The zero-order chi connectivity index (χ0) is 30.6. The highest BCUT2D eigenvalue weighted by atomic mass is 19.4. The number of carbonyl (C=O) groups excluding carboxylic acids is 4. The fraction of sp³-hybridized carbons (Fsp3) is 0.467. The number of fused-ring (bicyclic) bond motifs is 1. The molecule has 12 heteroatoms. The Morgan fingerprint density at radius 2 is 1.79 bits per heavy atom. The molecule has 1 N–H and O–H groups in total. The maximum absolute atomic E-state index is 13.7. The second-order valence-corrected chi connectivity index (χ2v) is 11.1. The average Bonchev–Trinajstić information content (AvgIpc) is 2.92. The minimum atomic E-state index is -4.55. The summed E-state index contributed by atoms with van der Waals surface area (Å²) in [7, 11) is 0. The van der Waals surface area contributed by atoms with Gasteiger partial charge in [0.1, 0.15) is 18.8 Å². The first kappa shape index (κ1) is 30.9. The molecule has 9 nitrogen and oxygen atoms in total. The van der Waals surface area contributed by atoms with Gasteiger partial charge in [0.05, 0.1) is 18.5 Å². The average molecular weight is 589 g/mol. The van der Waals surface area contributed by atoms with E-state index in [1.165, 1.54) is 27.7 Å². The molecule has 2 heterocycles.